The molecule has 2 aliphatic heterocycles. The van der Waals surface area contributed by atoms with Crippen molar-refractivity contribution in [3.8, 4) is 0 Å². The first kappa shape index (κ1) is 21.8. The van der Waals surface area contributed by atoms with E-state index in [9.17, 15) is 0 Å². The van der Waals surface area contributed by atoms with Gasteiger partial charge in [-0.1, -0.05) is 31.2 Å². The maximum atomic E-state index is 6.08. The van der Waals surface area contributed by atoms with Gasteiger partial charge in [0.1, 0.15) is 0 Å². The molecule has 2 atom stereocenters. The zero-order chi connectivity index (χ0) is 21.5. The van der Waals surface area contributed by atoms with E-state index in [1.807, 2.05) is 19.6 Å². The third-order valence-corrected chi connectivity index (χ3v) is 6.43. The molecule has 4 rings (SSSR count). The molecule has 3 heterocycles. The Balaban J connectivity index is 1.31. The van der Waals surface area contributed by atoms with Gasteiger partial charge in [0, 0.05) is 52.3 Å². The molecule has 0 bridgehead atoms. The summed E-state index contributed by atoms with van der Waals surface area (Å²) in [6.07, 6.45) is 9.29. The summed E-state index contributed by atoms with van der Waals surface area (Å²) < 4.78 is 13.7. The molecule has 168 valence electrons. The maximum absolute atomic E-state index is 6.08. The molecule has 1 aromatic carbocycles. The van der Waals surface area contributed by atoms with Crippen LogP contribution in [0.1, 0.15) is 43.4 Å². The van der Waals surface area contributed by atoms with Gasteiger partial charge in [-0.05, 0) is 36.3 Å². The van der Waals surface area contributed by atoms with E-state index in [4.69, 9.17) is 9.47 Å². The summed E-state index contributed by atoms with van der Waals surface area (Å²) >= 11 is 0. The summed E-state index contributed by atoms with van der Waals surface area (Å²) in [5, 5.41) is 3.56. The van der Waals surface area contributed by atoms with Crippen molar-refractivity contribution >= 4 is 5.96 Å². The Morgan fingerprint density at radius 3 is 2.87 bits per heavy atom. The Morgan fingerprint density at radius 2 is 2.10 bits per heavy atom. The lowest BCUT2D eigenvalue weighted by Gasteiger charge is -2.39. The van der Waals surface area contributed by atoms with Crippen LogP contribution in [0.3, 0.4) is 0 Å². The number of piperidine rings is 1. The lowest BCUT2D eigenvalue weighted by molar-refractivity contribution is -0.0390. The minimum absolute atomic E-state index is 0.319. The Bertz CT molecular complexity index is 832. The van der Waals surface area contributed by atoms with Crippen LogP contribution in [-0.2, 0) is 22.6 Å². The van der Waals surface area contributed by atoms with E-state index in [1.54, 1.807) is 0 Å². The maximum Gasteiger partial charge on any atom is 0.193 e. The van der Waals surface area contributed by atoms with Crippen molar-refractivity contribution in [1.29, 1.82) is 0 Å². The largest absolute Gasteiger partial charge is 0.381 e. The number of nitrogens with zero attached hydrogens (tertiary/aromatic N) is 4. The molecule has 2 aliphatic rings. The van der Waals surface area contributed by atoms with Crippen molar-refractivity contribution in [3.63, 3.8) is 0 Å². The second kappa shape index (κ2) is 10.8. The molecule has 0 radical (unpaired) electrons. The van der Waals surface area contributed by atoms with Crippen LogP contribution in [0.15, 0.2) is 48.0 Å². The number of aromatic nitrogens is 2. The van der Waals surface area contributed by atoms with Gasteiger partial charge in [0.15, 0.2) is 5.96 Å². The van der Waals surface area contributed by atoms with Gasteiger partial charge >= 0.3 is 0 Å². The molecule has 2 fully saturated rings. The van der Waals surface area contributed by atoms with Crippen LogP contribution in [0.4, 0.5) is 0 Å². The third kappa shape index (κ3) is 5.86. The van der Waals surface area contributed by atoms with Crippen LogP contribution in [-0.4, -0.2) is 59.9 Å². The number of hydrogen-bond donors (Lipinski definition) is 1. The minimum Gasteiger partial charge on any atom is -0.381 e. The normalized spacial score (nSPS) is 23.2. The fraction of sp³-hybridized carbons (Fsp3) is 0.583. The zero-order valence-corrected chi connectivity index (χ0v) is 18.7. The van der Waals surface area contributed by atoms with Crippen LogP contribution >= 0.6 is 0 Å². The van der Waals surface area contributed by atoms with E-state index in [1.165, 1.54) is 11.1 Å². The number of ether oxygens (including phenoxy) is 2. The highest BCUT2D eigenvalue weighted by Gasteiger charge is 2.28. The number of nitrogens with one attached hydrogen (secondary N) is 1. The molecular formula is C24H35N5O2. The fourth-order valence-corrected chi connectivity index (χ4v) is 4.49. The van der Waals surface area contributed by atoms with Crippen molar-refractivity contribution in [1.82, 2.24) is 19.8 Å². The molecule has 7 heteroatoms. The summed E-state index contributed by atoms with van der Waals surface area (Å²) in [7, 11) is 1.87. The smallest absolute Gasteiger partial charge is 0.193 e. The minimum atomic E-state index is 0.319. The summed E-state index contributed by atoms with van der Waals surface area (Å²) in [6, 6.07) is 9.05. The van der Waals surface area contributed by atoms with E-state index in [2.05, 4.69) is 62.1 Å². The monoisotopic (exact) mass is 425 g/mol. The Kier molecular flexibility index (Phi) is 7.59. The molecule has 0 amide bonds. The molecule has 2 saturated heterocycles. The molecule has 0 aliphatic carbocycles. The number of guanidine groups is 1. The van der Waals surface area contributed by atoms with Crippen molar-refractivity contribution in [3.05, 3.63) is 54.1 Å². The molecule has 1 N–H and O–H groups in total. The average molecular weight is 426 g/mol. The van der Waals surface area contributed by atoms with E-state index in [0.717, 1.165) is 58.1 Å². The van der Waals surface area contributed by atoms with Gasteiger partial charge in [0.2, 0.25) is 0 Å². The van der Waals surface area contributed by atoms with Gasteiger partial charge in [0.25, 0.3) is 0 Å². The van der Waals surface area contributed by atoms with E-state index in [0.29, 0.717) is 24.7 Å². The molecular weight excluding hydrogens is 390 g/mol. The molecule has 1 aromatic heterocycles. The Labute approximate surface area is 185 Å². The van der Waals surface area contributed by atoms with Gasteiger partial charge in [-0.15, -0.1) is 0 Å². The second-order valence-corrected chi connectivity index (χ2v) is 8.63. The third-order valence-electron chi connectivity index (χ3n) is 6.43. The van der Waals surface area contributed by atoms with Gasteiger partial charge in [-0.2, -0.15) is 0 Å². The highest BCUT2D eigenvalue weighted by atomic mass is 16.5. The summed E-state index contributed by atoms with van der Waals surface area (Å²) in [4.78, 5) is 11.2. The lowest BCUT2D eigenvalue weighted by Crippen LogP contribution is -2.48. The SMILES string of the molecule is CN=C(NCc1cccc(COC2CCOCC2)c1)N1CCC(C)C(n2ccnc2)C1. The summed E-state index contributed by atoms with van der Waals surface area (Å²) in [6.45, 7) is 7.31. The molecule has 0 saturated carbocycles. The van der Waals surface area contributed by atoms with E-state index >= 15 is 0 Å². The van der Waals surface area contributed by atoms with E-state index in [-0.39, 0.29) is 0 Å². The van der Waals surface area contributed by atoms with Gasteiger partial charge in [-0.25, -0.2) is 4.98 Å². The molecule has 2 aromatic rings. The van der Waals surface area contributed by atoms with Gasteiger partial charge in [0.05, 0.1) is 25.1 Å². The molecule has 0 spiro atoms. The highest BCUT2D eigenvalue weighted by Crippen LogP contribution is 2.27. The van der Waals surface area contributed by atoms with Crippen LogP contribution in [0.25, 0.3) is 0 Å². The first-order valence-corrected chi connectivity index (χ1v) is 11.4. The second-order valence-electron chi connectivity index (χ2n) is 8.63. The number of aliphatic imine (C=N–C) groups is 1. The number of benzene rings is 1. The number of imidazole rings is 1. The number of hydrogen-bond acceptors (Lipinski definition) is 4. The van der Waals surface area contributed by atoms with Crippen LogP contribution in [0.2, 0.25) is 0 Å². The predicted octanol–water partition coefficient (Wildman–Crippen LogP) is 3.24. The van der Waals surface area contributed by atoms with Crippen molar-refractivity contribution in [2.75, 3.05) is 33.4 Å². The molecule has 7 nitrogen and oxygen atoms in total. The topological polar surface area (TPSA) is 63.9 Å². The fourth-order valence-electron chi connectivity index (χ4n) is 4.49. The van der Waals surface area contributed by atoms with Crippen molar-refractivity contribution in [2.45, 2.75) is 51.5 Å². The van der Waals surface area contributed by atoms with Crippen molar-refractivity contribution < 1.29 is 9.47 Å². The average Bonchev–Trinajstić information content (AvgIpc) is 3.35. The van der Waals surface area contributed by atoms with Crippen LogP contribution in [0.5, 0.6) is 0 Å². The Morgan fingerprint density at radius 1 is 1.26 bits per heavy atom. The zero-order valence-electron chi connectivity index (χ0n) is 18.7. The van der Waals surface area contributed by atoms with Crippen molar-refractivity contribution in [2.24, 2.45) is 10.9 Å². The van der Waals surface area contributed by atoms with Gasteiger partial charge < -0.3 is 24.3 Å². The summed E-state index contributed by atoms with van der Waals surface area (Å²) in [5.74, 6) is 1.58. The molecule has 2 unspecified atom stereocenters. The standard InChI is InChI=1S/C24H35N5O2/c1-19-6-10-28(16-23(19)29-11-9-26-18-29)24(25-2)27-15-20-4-3-5-21(14-20)17-31-22-7-12-30-13-8-22/h3-5,9,11,14,18-19,22-23H,6-8,10,12-13,15-17H2,1-2H3,(H,25,27). The first-order chi connectivity index (χ1) is 15.2. The van der Waals surface area contributed by atoms with Crippen LogP contribution in [0, 0.1) is 5.92 Å². The van der Waals surface area contributed by atoms with Gasteiger partial charge in [-0.3, -0.25) is 4.99 Å². The van der Waals surface area contributed by atoms with Crippen LogP contribution < -0.4 is 5.32 Å². The lowest BCUT2D eigenvalue weighted by atomic mass is 9.93. The van der Waals surface area contributed by atoms with E-state index < -0.39 is 0 Å². The Hall–Kier alpha value is -2.38. The highest BCUT2D eigenvalue weighted by molar-refractivity contribution is 5.80. The quantitative estimate of drug-likeness (QED) is 0.569. The molecule has 31 heavy (non-hydrogen) atoms. The first-order valence-electron chi connectivity index (χ1n) is 11.4. The predicted molar refractivity (Wildman–Crippen MR) is 122 cm³/mol. The summed E-state index contributed by atoms with van der Waals surface area (Å²) in [5.41, 5.74) is 2.46. The number of rotatable bonds is 6. The number of likely N-dealkylation sites (tertiary alicyclic amines) is 1.